The van der Waals surface area contributed by atoms with Gasteiger partial charge in [0.1, 0.15) is 11.5 Å². The average molecular weight is 541 g/mol. The molecule has 3 fully saturated rings. The minimum Gasteiger partial charge on any atom is -0.457 e. The van der Waals surface area contributed by atoms with Crippen molar-refractivity contribution in [2.24, 2.45) is 23.7 Å². The van der Waals surface area contributed by atoms with E-state index in [1.165, 1.54) is 4.90 Å². The van der Waals surface area contributed by atoms with Crippen molar-refractivity contribution < 1.29 is 14.3 Å². The lowest BCUT2D eigenvalue weighted by Gasteiger charge is -2.28. The summed E-state index contributed by atoms with van der Waals surface area (Å²) in [7, 11) is 0. The van der Waals surface area contributed by atoms with Crippen LogP contribution in [0.3, 0.4) is 0 Å². The van der Waals surface area contributed by atoms with Crippen LogP contribution in [0.1, 0.15) is 6.42 Å². The van der Waals surface area contributed by atoms with E-state index < -0.39 is 0 Å². The Kier molecular flexibility index (Phi) is 4.51. The Balaban J connectivity index is 1.24. The second-order valence-electron chi connectivity index (χ2n) is 8.62. The van der Waals surface area contributed by atoms with Crippen LogP contribution in [0.15, 0.2) is 66.7 Å². The number of nitrogens with zero attached hydrogens (tertiary/aromatic N) is 1. The maximum absolute atomic E-state index is 13.2. The highest BCUT2D eigenvalue weighted by Crippen LogP contribution is 2.60. The zero-order chi connectivity index (χ0) is 21.3. The number of imide groups is 1. The number of hydrogen-bond acceptors (Lipinski definition) is 3. The number of amides is 2. The molecule has 1 aliphatic heterocycles. The van der Waals surface area contributed by atoms with E-state index in [1.807, 2.05) is 42.5 Å². The molecular formula is C25H19Br2NO3. The van der Waals surface area contributed by atoms with Crippen molar-refractivity contribution in [3.8, 4) is 11.5 Å². The van der Waals surface area contributed by atoms with Gasteiger partial charge in [-0.15, -0.1) is 0 Å². The van der Waals surface area contributed by atoms with Crippen LogP contribution in [-0.2, 0) is 9.59 Å². The van der Waals surface area contributed by atoms with E-state index in [0.29, 0.717) is 11.4 Å². The lowest BCUT2D eigenvalue weighted by atomic mass is 9.81. The lowest BCUT2D eigenvalue weighted by Crippen LogP contribution is -2.37. The zero-order valence-corrected chi connectivity index (χ0v) is 19.6. The van der Waals surface area contributed by atoms with Gasteiger partial charge in [0.2, 0.25) is 11.8 Å². The smallest absolute Gasteiger partial charge is 0.238 e. The van der Waals surface area contributed by atoms with E-state index in [2.05, 4.69) is 44.0 Å². The zero-order valence-electron chi connectivity index (χ0n) is 16.4. The van der Waals surface area contributed by atoms with Crippen LogP contribution in [-0.4, -0.2) is 21.5 Å². The summed E-state index contributed by atoms with van der Waals surface area (Å²) in [6.45, 7) is 0. The molecule has 0 unspecified atom stereocenters. The van der Waals surface area contributed by atoms with Crippen molar-refractivity contribution in [1.82, 2.24) is 0 Å². The Morgan fingerprint density at radius 2 is 1.32 bits per heavy atom. The monoisotopic (exact) mass is 539 g/mol. The first-order valence-electron chi connectivity index (χ1n) is 10.5. The summed E-state index contributed by atoms with van der Waals surface area (Å²) in [5.41, 5.74) is 0.618. The minimum atomic E-state index is -0.204. The molecule has 0 aromatic heterocycles. The first-order chi connectivity index (χ1) is 15.0. The number of alkyl halides is 2. The summed E-state index contributed by atoms with van der Waals surface area (Å²) in [6.07, 6.45) is 0.936. The average Bonchev–Trinajstić information content (AvgIpc) is 3.39. The lowest BCUT2D eigenvalue weighted by molar-refractivity contribution is -0.123. The molecule has 156 valence electrons. The SMILES string of the molecule is O=C1[C@H]2[C@@H]3C[C@H]([C@@H](Br)[C@H]3Br)[C@@H]2C(=O)N1c1ccc(Oc2ccc3ccccc3c2)cc1. The van der Waals surface area contributed by atoms with Crippen molar-refractivity contribution in [2.75, 3.05) is 4.90 Å². The minimum absolute atomic E-state index is 0.0606. The fourth-order valence-electron chi connectivity index (χ4n) is 5.63. The summed E-state index contributed by atoms with van der Waals surface area (Å²) in [5.74, 6) is 1.32. The molecule has 31 heavy (non-hydrogen) atoms. The first kappa shape index (κ1) is 19.5. The molecule has 3 aromatic rings. The molecule has 2 aliphatic carbocycles. The standard InChI is InChI=1S/C25H19Br2NO3/c26-22-18-12-19(23(22)27)21-20(18)24(29)28(25(21)30)15-6-9-16(10-7-15)31-17-8-5-13-3-1-2-4-14(13)11-17/h1-11,18-23H,12H2/t18-,19-,20-,21-,22-,23+/m0/s1. The second kappa shape index (κ2) is 7.17. The van der Waals surface area contributed by atoms with E-state index in [1.54, 1.807) is 12.1 Å². The first-order valence-corrected chi connectivity index (χ1v) is 12.3. The highest BCUT2D eigenvalue weighted by molar-refractivity contribution is 9.12. The summed E-state index contributed by atoms with van der Waals surface area (Å²) >= 11 is 7.46. The molecule has 4 nitrogen and oxygen atoms in total. The van der Waals surface area contributed by atoms with Crippen LogP contribution in [0.2, 0.25) is 0 Å². The molecule has 0 N–H and O–H groups in total. The van der Waals surface area contributed by atoms with Crippen LogP contribution >= 0.6 is 31.9 Å². The predicted octanol–water partition coefficient (Wildman–Crippen LogP) is 5.91. The maximum atomic E-state index is 13.2. The predicted molar refractivity (Wildman–Crippen MR) is 127 cm³/mol. The van der Waals surface area contributed by atoms with Gasteiger partial charge < -0.3 is 4.74 Å². The fraction of sp³-hybridized carbons (Fsp3) is 0.280. The fourth-order valence-corrected chi connectivity index (χ4v) is 7.51. The normalized spacial score (nSPS) is 31.5. The number of carbonyl (C=O) groups is 2. The number of carbonyl (C=O) groups excluding carboxylic acids is 2. The number of benzene rings is 3. The van der Waals surface area contributed by atoms with Crippen LogP contribution in [0.25, 0.3) is 10.8 Å². The van der Waals surface area contributed by atoms with Gasteiger partial charge in [0, 0.05) is 9.65 Å². The van der Waals surface area contributed by atoms with Crippen molar-refractivity contribution in [1.29, 1.82) is 0 Å². The number of fused-ring (bicyclic) bond motifs is 6. The Hall–Kier alpha value is -2.18. The molecular weight excluding hydrogens is 522 g/mol. The number of halogens is 2. The number of hydrogen-bond donors (Lipinski definition) is 0. The van der Waals surface area contributed by atoms with Crippen molar-refractivity contribution >= 4 is 60.1 Å². The Bertz CT molecular complexity index is 1180. The van der Waals surface area contributed by atoms with Gasteiger partial charge in [-0.05, 0) is 65.4 Å². The largest absolute Gasteiger partial charge is 0.457 e. The number of ether oxygens (including phenoxy) is 1. The maximum Gasteiger partial charge on any atom is 0.238 e. The molecule has 3 aliphatic rings. The van der Waals surface area contributed by atoms with Crippen LogP contribution < -0.4 is 9.64 Å². The van der Waals surface area contributed by atoms with Crippen LogP contribution in [0.4, 0.5) is 5.69 Å². The summed E-state index contributed by atoms with van der Waals surface area (Å²) in [4.78, 5) is 28.2. The molecule has 1 saturated heterocycles. The number of rotatable bonds is 3. The molecule has 6 atom stereocenters. The van der Waals surface area contributed by atoms with Gasteiger partial charge in [-0.25, -0.2) is 0 Å². The summed E-state index contributed by atoms with van der Waals surface area (Å²) < 4.78 is 6.00. The summed E-state index contributed by atoms with van der Waals surface area (Å²) in [6, 6.07) is 21.3. The highest BCUT2D eigenvalue weighted by Gasteiger charge is 2.66. The molecule has 2 amide bonds. The second-order valence-corrected chi connectivity index (χ2v) is 10.7. The van der Waals surface area contributed by atoms with Crippen LogP contribution in [0.5, 0.6) is 11.5 Å². The van der Waals surface area contributed by atoms with E-state index in [0.717, 1.165) is 22.9 Å². The van der Waals surface area contributed by atoms with Crippen LogP contribution in [0, 0.1) is 23.7 Å². The van der Waals surface area contributed by atoms with E-state index in [9.17, 15) is 9.59 Å². The Morgan fingerprint density at radius 3 is 1.97 bits per heavy atom. The van der Waals surface area contributed by atoms with Gasteiger partial charge in [0.05, 0.1) is 17.5 Å². The van der Waals surface area contributed by atoms with E-state index >= 15 is 0 Å². The van der Waals surface area contributed by atoms with Gasteiger partial charge in [0.15, 0.2) is 0 Å². The van der Waals surface area contributed by atoms with Gasteiger partial charge in [-0.2, -0.15) is 0 Å². The molecule has 3 aromatic carbocycles. The topological polar surface area (TPSA) is 46.6 Å². The molecule has 6 heteroatoms. The molecule has 6 rings (SSSR count). The quantitative estimate of drug-likeness (QED) is 0.306. The van der Waals surface area contributed by atoms with Gasteiger partial charge in [-0.3, -0.25) is 14.5 Å². The third kappa shape index (κ3) is 2.91. The third-order valence-electron chi connectivity index (χ3n) is 7.04. The third-order valence-corrected chi connectivity index (χ3v) is 10.2. The van der Waals surface area contributed by atoms with Gasteiger partial charge in [-0.1, -0.05) is 62.2 Å². The van der Waals surface area contributed by atoms with Crippen molar-refractivity contribution in [3.63, 3.8) is 0 Å². The Morgan fingerprint density at radius 1 is 0.742 bits per heavy atom. The van der Waals surface area contributed by atoms with Crippen molar-refractivity contribution in [3.05, 3.63) is 66.7 Å². The molecule has 0 radical (unpaired) electrons. The summed E-state index contributed by atoms with van der Waals surface area (Å²) in [5, 5.41) is 2.27. The Labute approximate surface area is 196 Å². The van der Waals surface area contributed by atoms with Crippen molar-refractivity contribution in [2.45, 2.75) is 16.1 Å². The molecule has 2 saturated carbocycles. The molecule has 2 bridgehead atoms. The number of anilines is 1. The van der Waals surface area contributed by atoms with Gasteiger partial charge >= 0.3 is 0 Å². The molecule has 1 heterocycles. The van der Waals surface area contributed by atoms with E-state index in [4.69, 9.17) is 4.74 Å². The van der Waals surface area contributed by atoms with Gasteiger partial charge in [0.25, 0.3) is 0 Å². The molecule has 0 spiro atoms. The highest BCUT2D eigenvalue weighted by atomic mass is 79.9. The van der Waals surface area contributed by atoms with E-state index in [-0.39, 0.29) is 45.1 Å².